The van der Waals surface area contributed by atoms with Crippen LogP contribution >= 0.6 is 0 Å². The lowest BCUT2D eigenvalue weighted by Gasteiger charge is -2.43. The number of morpholine rings is 1. The number of hydrogen-bond donors (Lipinski definition) is 1. The zero-order valence-corrected chi connectivity index (χ0v) is 20.9. The number of carbonyl (C=O) groups excluding carboxylic acids is 2. The minimum absolute atomic E-state index is 0.00388. The smallest absolute Gasteiger partial charge is 0.246 e. The van der Waals surface area contributed by atoms with E-state index in [1.54, 1.807) is 0 Å². The van der Waals surface area contributed by atoms with Crippen LogP contribution in [0.25, 0.3) is 0 Å². The molecule has 2 saturated heterocycles. The van der Waals surface area contributed by atoms with E-state index in [2.05, 4.69) is 72.6 Å². The molecular weight excluding hydrogens is 438 g/mol. The van der Waals surface area contributed by atoms with Gasteiger partial charge >= 0.3 is 0 Å². The molecule has 0 unspecified atom stereocenters. The van der Waals surface area contributed by atoms with Gasteiger partial charge in [-0.2, -0.15) is 0 Å². The third kappa shape index (κ3) is 4.81. The van der Waals surface area contributed by atoms with Gasteiger partial charge in [0.25, 0.3) is 0 Å². The minimum atomic E-state index is -0.465. The van der Waals surface area contributed by atoms with Gasteiger partial charge in [-0.3, -0.25) is 9.59 Å². The van der Waals surface area contributed by atoms with Crippen LogP contribution in [0.1, 0.15) is 43.4 Å². The normalized spacial score (nSPS) is 23.1. The van der Waals surface area contributed by atoms with Crippen molar-refractivity contribution in [3.8, 4) is 0 Å². The van der Waals surface area contributed by atoms with Crippen molar-refractivity contribution in [2.45, 2.75) is 58.2 Å². The summed E-state index contributed by atoms with van der Waals surface area (Å²) in [6.07, 6.45) is 3.41. The van der Waals surface area contributed by atoms with Crippen molar-refractivity contribution in [1.82, 2.24) is 10.2 Å². The summed E-state index contributed by atoms with van der Waals surface area (Å²) in [4.78, 5) is 31.7. The highest BCUT2D eigenvalue weighted by Crippen LogP contribution is 2.33. The summed E-state index contributed by atoms with van der Waals surface area (Å²) in [7, 11) is 0. The Morgan fingerprint density at radius 2 is 1.57 bits per heavy atom. The predicted octanol–water partition coefficient (Wildman–Crippen LogP) is 3.57. The third-order valence-corrected chi connectivity index (χ3v) is 8.17. The number of piperazine rings is 1. The minimum Gasteiger partial charge on any atom is -0.378 e. The van der Waals surface area contributed by atoms with E-state index < -0.39 is 12.1 Å². The first-order valence-corrected chi connectivity index (χ1v) is 13.2. The van der Waals surface area contributed by atoms with Crippen molar-refractivity contribution in [3.05, 3.63) is 65.2 Å². The molecule has 5 rings (SSSR count). The van der Waals surface area contributed by atoms with Crippen LogP contribution in [-0.4, -0.2) is 55.1 Å². The van der Waals surface area contributed by atoms with Crippen molar-refractivity contribution in [1.29, 1.82) is 0 Å². The number of fused-ring (bicyclic) bond motifs is 1. The molecule has 2 fully saturated rings. The van der Waals surface area contributed by atoms with Gasteiger partial charge in [0.05, 0.1) is 13.2 Å². The van der Waals surface area contributed by atoms with Gasteiger partial charge in [0, 0.05) is 25.3 Å². The maximum Gasteiger partial charge on any atom is 0.246 e. The zero-order valence-electron chi connectivity index (χ0n) is 20.9. The van der Waals surface area contributed by atoms with Crippen LogP contribution in [0, 0.1) is 11.8 Å². The Morgan fingerprint density at radius 3 is 2.17 bits per heavy atom. The lowest BCUT2D eigenvalue weighted by molar-refractivity contribution is -0.154. The molecule has 1 aliphatic carbocycles. The molecular formula is C29H37N3O3. The second kappa shape index (κ2) is 10.4. The number of nitrogens with one attached hydrogen (secondary N) is 1. The second-order valence-electron chi connectivity index (χ2n) is 10.2. The summed E-state index contributed by atoms with van der Waals surface area (Å²) < 4.78 is 5.47. The molecule has 1 N–H and O–H groups in total. The van der Waals surface area contributed by atoms with Crippen LogP contribution in [0.4, 0.5) is 5.69 Å². The van der Waals surface area contributed by atoms with Gasteiger partial charge in [0.1, 0.15) is 12.1 Å². The highest BCUT2D eigenvalue weighted by atomic mass is 16.5. The molecule has 2 aromatic rings. The summed E-state index contributed by atoms with van der Waals surface area (Å²) in [5, 5.41) is 3.16. The number of rotatable bonds is 7. The van der Waals surface area contributed by atoms with E-state index in [-0.39, 0.29) is 23.7 Å². The van der Waals surface area contributed by atoms with Crippen molar-refractivity contribution >= 4 is 17.5 Å². The maximum atomic E-state index is 14.0. The van der Waals surface area contributed by atoms with E-state index in [0.717, 1.165) is 57.6 Å². The fourth-order valence-corrected chi connectivity index (χ4v) is 6.12. The zero-order chi connectivity index (χ0) is 24.4. The van der Waals surface area contributed by atoms with Crippen molar-refractivity contribution in [2.75, 3.05) is 31.2 Å². The molecule has 0 saturated carbocycles. The van der Waals surface area contributed by atoms with Crippen molar-refractivity contribution < 1.29 is 14.3 Å². The Balaban J connectivity index is 1.37. The molecule has 6 nitrogen and oxygen atoms in total. The van der Waals surface area contributed by atoms with Crippen molar-refractivity contribution in [3.63, 3.8) is 0 Å². The topological polar surface area (TPSA) is 61.9 Å². The quantitative estimate of drug-likeness (QED) is 0.665. The molecule has 0 bridgehead atoms. The van der Waals surface area contributed by atoms with Crippen LogP contribution in [0.3, 0.4) is 0 Å². The lowest BCUT2D eigenvalue weighted by Crippen LogP contribution is -2.66. The number of nitrogens with zero attached hydrogens (tertiary/aromatic N) is 2. The number of hydrogen-bond acceptors (Lipinski definition) is 4. The Labute approximate surface area is 208 Å². The highest BCUT2D eigenvalue weighted by molar-refractivity contribution is 5.97. The second-order valence-corrected chi connectivity index (χ2v) is 10.2. The summed E-state index contributed by atoms with van der Waals surface area (Å²) in [5.41, 5.74) is 4.84. The first kappa shape index (κ1) is 23.9. The van der Waals surface area contributed by atoms with Gasteiger partial charge in [-0.15, -0.1) is 0 Å². The van der Waals surface area contributed by atoms with Gasteiger partial charge in [0.15, 0.2) is 0 Å². The van der Waals surface area contributed by atoms with Crippen molar-refractivity contribution in [2.24, 2.45) is 11.8 Å². The molecule has 0 aromatic heterocycles. The monoisotopic (exact) mass is 475 g/mol. The lowest BCUT2D eigenvalue weighted by atomic mass is 9.86. The Bertz CT molecular complexity index is 1020. The molecule has 2 aromatic carbocycles. The highest BCUT2D eigenvalue weighted by Gasteiger charge is 2.46. The molecule has 0 radical (unpaired) electrons. The Morgan fingerprint density at radius 1 is 0.943 bits per heavy atom. The number of carbonyl (C=O) groups is 2. The molecule has 2 amide bonds. The number of benzene rings is 2. The van der Waals surface area contributed by atoms with Gasteiger partial charge in [-0.05, 0) is 53.5 Å². The van der Waals surface area contributed by atoms with Gasteiger partial charge < -0.3 is 19.9 Å². The fraction of sp³-hybridized carbons (Fsp3) is 0.517. The van der Waals surface area contributed by atoms with E-state index in [1.807, 2.05) is 4.90 Å². The van der Waals surface area contributed by atoms with Crippen LogP contribution in [0.15, 0.2) is 48.5 Å². The van der Waals surface area contributed by atoms with E-state index in [1.165, 1.54) is 16.8 Å². The Hall–Kier alpha value is -2.86. The average molecular weight is 476 g/mol. The Kier molecular flexibility index (Phi) is 7.09. The summed E-state index contributed by atoms with van der Waals surface area (Å²) >= 11 is 0. The molecule has 186 valence electrons. The number of amides is 2. The maximum absolute atomic E-state index is 14.0. The molecule has 2 atom stereocenters. The summed E-state index contributed by atoms with van der Waals surface area (Å²) in [6.45, 7) is 7.98. The van der Waals surface area contributed by atoms with Crippen LogP contribution < -0.4 is 10.2 Å². The summed E-state index contributed by atoms with van der Waals surface area (Å²) in [6, 6.07) is 16.0. The SMILES string of the molecule is CCC(CC)[C@@H]1C(=O)N[C@H](C2Cc3ccccc3C2)C(=O)N1Cc1ccc(N2CCOCC2)cc1. The fourth-order valence-electron chi connectivity index (χ4n) is 6.12. The first-order valence-electron chi connectivity index (χ1n) is 13.2. The molecule has 3 aliphatic rings. The van der Waals surface area contributed by atoms with Crippen LogP contribution in [0.2, 0.25) is 0 Å². The summed E-state index contributed by atoms with van der Waals surface area (Å²) in [5.74, 6) is 0.326. The van der Waals surface area contributed by atoms with E-state index in [0.29, 0.717) is 6.54 Å². The van der Waals surface area contributed by atoms with E-state index >= 15 is 0 Å². The predicted molar refractivity (Wildman–Crippen MR) is 137 cm³/mol. The van der Waals surface area contributed by atoms with E-state index in [4.69, 9.17) is 4.74 Å². The average Bonchev–Trinajstić information content (AvgIpc) is 3.33. The largest absolute Gasteiger partial charge is 0.378 e. The molecule has 2 heterocycles. The van der Waals surface area contributed by atoms with Gasteiger partial charge in [-0.1, -0.05) is 63.1 Å². The third-order valence-electron chi connectivity index (χ3n) is 8.17. The number of ether oxygens (including phenoxy) is 1. The molecule has 2 aliphatic heterocycles. The van der Waals surface area contributed by atoms with Gasteiger partial charge in [0.2, 0.25) is 11.8 Å². The number of anilines is 1. The van der Waals surface area contributed by atoms with Gasteiger partial charge in [-0.25, -0.2) is 0 Å². The molecule has 0 spiro atoms. The van der Waals surface area contributed by atoms with Crippen LogP contribution in [-0.2, 0) is 33.7 Å². The first-order chi connectivity index (χ1) is 17.1. The standard InChI is InChI=1S/C29H37N3O3/c1-3-21(4-2)27-28(33)30-26(24-17-22-7-5-6-8-23(22)18-24)29(34)32(27)19-20-9-11-25(12-10-20)31-13-15-35-16-14-31/h5-12,21,24,26-27H,3-4,13-19H2,1-2H3,(H,30,33)/t26-,27-/m1/s1. The molecule has 35 heavy (non-hydrogen) atoms. The molecule has 6 heteroatoms. The van der Waals surface area contributed by atoms with E-state index in [9.17, 15) is 9.59 Å². The van der Waals surface area contributed by atoms with Crippen LogP contribution in [0.5, 0.6) is 0 Å².